The molecule has 0 saturated heterocycles. The number of nitrogens with two attached hydrogens (primary N) is 1. The van der Waals surface area contributed by atoms with Crippen LogP contribution in [0.1, 0.15) is 0 Å². The minimum Gasteiger partial charge on any atom is -0.399 e. The standard InChI is InChI=1S/C18H15FN2/c19-16-12-14(20)10-11-18(16)21-17-9-5-4-8-15(17)13-6-2-1-3-7-13/h1-12,21H,20H2. The molecule has 0 aliphatic carbocycles. The van der Waals surface area contributed by atoms with Gasteiger partial charge in [-0.2, -0.15) is 0 Å². The van der Waals surface area contributed by atoms with Crippen molar-refractivity contribution < 1.29 is 4.39 Å². The lowest BCUT2D eigenvalue weighted by Crippen LogP contribution is -1.97. The molecule has 3 aromatic carbocycles. The molecule has 21 heavy (non-hydrogen) atoms. The largest absolute Gasteiger partial charge is 0.399 e. The van der Waals surface area contributed by atoms with E-state index in [9.17, 15) is 4.39 Å². The summed E-state index contributed by atoms with van der Waals surface area (Å²) in [4.78, 5) is 0. The Labute approximate surface area is 123 Å². The van der Waals surface area contributed by atoms with E-state index in [0.29, 0.717) is 11.4 Å². The van der Waals surface area contributed by atoms with Gasteiger partial charge in [-0.15, -0.1) is 0 Å². The molecule has 3 rings (SSSR count). The summed E-state index contributed by atoms with van der Waals surface area (Å²) in [6.45, 7) is 0. The molecule has 0 aromatic heterocycles. The van der Waals surface area contributed by atoms with Crippen molar-refractivity contribution >= 4 is 17.1 Å². The first-order valence-electron chi connectivity index (χ1n) is 6.70. The Bertz CT molecular complexity index is 754. The van der Waals surface area contributed by atoms with Crippen molar-refractivity contribution in [2.24, 2.45) is 0 Å². The molecule has 104 valence electrons. The summed E-state index contributed by atoms with van der Waals surface area (Å²) >= 11 is 0. The van der Waals surface area contributed by atoms with Crippen molar-refractivity contribution in [1.82, 2.24) is 0 Å². The van der Waals surface area contributed by atoms with E-state index in [2.05, 4.69) is 5.32 Å². The van der Waals surface area contributed by atoms with Gasteiger partial charge in [0.2, 0.25) is 0 Å². The summed E-state index contributed by atoms with van der Waals surface area (Å²) < 4.78 is 13.9. The van der Waals surface area contributed by atoms with Crippen LogP contribution in [0.4, 0.5) is 21.5 Å². The first-order valence-corrected chi connectivity index (χ1v) is 6.70. The average molecular weight is 278 g/mol. The zero-order valence-electron chi connectivity index (χ0n) is 11.4. The molecular weight excluding hydrogens is 263 g/mol. The van der Waals surface area contributed by atoms with Crippen LogP contribution in [0.3, 0.4) is 0 Å². The second-order valence-electron chi connectivity index (χ2n) is 4.78. The van der Waals surface area contributed by atoms with Crippen LogP contribution in [0.25, 0.3) is 11.1 Å². The second-order valence-corrected chi connectivity index (χ2v) is 4.78. The average Bonchev–Trinajstić information content (AvgIpc) is 2.51. The Morgan fingerprint density at radius 3 is 2.24 bits per heavy atom. The van der Waals surface area contributed by atoms with Crippen molar-refractivity contribution in [3.63, 3.8) is 0 Å². The fourth-order valence-electron chi connectivity index (χ4n) is 2.24. The molecule has 0 aliphatic heterocycles. The molecule has 0 heterocycles. The summed E-state index contributed by atoms with van der Waals surface area (Å²) in [5.41, 5.74) is 9.35. The van der Waals surface area contributed by atoms with Gasteiger partial charge in [-0.25, -0.2) is 4.39 Å². The van der Waals surface area contributed by atoms with Gasteiger partial charge in [-0.1, -0.05) is 48.5 Å². The van der Waals surface area contributed by atoms with Crippen molar-refractivity contribution in [2.75, 3.05) is 11.1 Å². The molecule has 0 spiro atoms. The molecule has 0 unspecified atom stereocenters. The third-order valence-corrected chi connectivity index (χ3v) is 3.27. The molecule has 0 bridgehead atoms. The Kier molecular flexibility index (Phi) is 3.56. The Morgan fingerprint density at radius 2 is 1.48 bits per heavy atom. The Balaban J connectivity index is 2.00. The van der Waals surface area contributed by atoms with Crippen molar-refractivity contribution in [1.29, 1.82) is 0 Å². The lowest BCUT2D eigenvalue weighted by molar-refractivity contribution is 0.632. The van der Waals surface area contributed by atoms with Crippen molar-refractivity contribution in [2.45, 2.75) is 0 Å². The van der Waals surface area contributed by atoms with Crippen LogP contribution in [0.2, 0.25) is 0 Å². The van der Waals surface area contributed by atoms with Gasteiger partial charge in [0.05, 0.1) is 5.69 Å². The monoisotopic (exact) mass is 278 g/mol. The lowest BCUT2D eigenvalue weighted by Gasteiger charge is -2.13. The molecule has 0 amide bonds. The van der Waals surface area contributed by atoms with E-state index in [-0.39, 0.29) is 5.82 Å². The van der Waals surface area contributed by atoms with Crippen LogP contribution in [-0.4, -0.2) is 0 Å². The van der Waals surface area contributed by atoms with Gasteiger partial charge in [-0.3, -0.25) is 0 Å². The minimum absolute atomic E-state index is 0.363. The van der Waals surface area contributed by atoms with Crippen LogP contribution < -0.4 is 11.1 Å². The number of rotatable bonds is 3. The number of hydrogen-bond acceptors (Lipinski definition) is 2. The number of benzene rings is 3. The number of halogens is 1. The van der Waals surface area contributed by atoms with E-state index in [0.717, 1.165) is 16.8 Å². The van der Waals surface area contributed by atoms with Crippen LogP contribution in [0, 0.1) is 5.82 Å². The maximum absolute atomic E-state index is 13.9. The van der Waals surface area contributed by atoms with E-state index >= 15 is 0 Å². The second kappa shape index (κ2) is 5.67. The van der Waals surface area contributed by atoms with Crippen LogP contribution in [-0.2, 0) is 0 Å². The lowest BCUT2D eigenvalue weighted by atomic mass is 10.0. The summed E-state index contributed by atoms with van der Waals surface area (Å²) in [6.07, 6.45) is 0. The smallest absolute Gasteiger partial charge is 0.148 e. The molecule has 0 fully saturated rings. The predicted molar refractivity (Wildman–Crippen MR) is 86.0 cm³/mol. The molecular formula is C18H15FN2. The van der Waals surface area contributed by atoms with E-state index in [1.54, 1.807) is 12.1 Å². The predicted octanol–water partition coefficient (Wildman–Crippen LogP) is 4.82. The van der Waals surface area contributed by atoms with Crippen LogP contribution >= 0.6 is 0 Å². The Hall–Kier alpha value is -2.81. The maximum atomic E-state index is 13.9. The van der Waals surface area contributed by atoms with Gasteiger partial charge in [0.15, 0.2) is 0 Å². The quantitative estimate of drug-likeness (QED) is 0.674. The summed E-state index contributed by atoms with van der Waals surface area (Å²) in [5.74, 6) is -0.363. The molecule has 0 atom stereocenters. The maximum Gasteiger partial charge on any atom is 0.148 e. The van der Waals surface area contributed by atoms with Gasteiger partial charge >= 0.3 is 0 Å². The third-order valence-electron chi connectivity index (χ3n) is 3.27. The van der Waals surface area contributed by atoms with Crippen LogP contribution in [0.5, 0.6) is 0 Å². The third kappa shape index (κ3) is 2.87. The van der Waals surface area contributed by atoms with E-state index in [1.807, 2.05) is 54.6 Å². The zero-order valence-corrected chi connectivity index (χ0v) is 11.4. The first-order chi connectivity index (χ1) is 10.2. The molecule has 2 nitrogen and oxygen atoms in total. The molecule has 3 N–H and O–H groups in total. The van der Waals surface area contributed by atoms with Gasteiger partial charge < -0.3 is 11.1 Å². The Morgan fingerprint density at radius 1 is 0.762 bits per heavy atom. The van der Waals surface area contributed by atoms with E-state index in [1.165, 1.54) is 6.07 Å². The number of hydrogen-bond donors (Lipinski definition) is 2. The summed E-state index contributed by atoms with van der Waals surface area (Å²) in [7, 11) is 0. The highest BCUT2D eigenvalue weighted by molar-refractivity contribution is 5.81. The fraction of sp³-hybridized carbons (Fsp3) is 0. The minimum atomic E-state index is -0.363. The normalized spacial score (nSPS) is 10.3. The molecule has 0 aliphatic rings. The topological polar surface area (TPSA) is 38.0 Å². The molecule has 0 radical (unpaired) electrons. The zero-order chi connectivity index (χ0) is 14.7. The fourth-order valence-corrected chi connectivity index (χ4v) is 2.24. The molecule has 3 heteroatoms. The van der Waals surface area contributed by atoms with Gasteiger partial charge in [-0.05, 0) is 29.8 Å². The number of nitrogens with one attached hydrogen (secondary N) is 1. The van der Waals surface area contributed by atoms with Gasteiger partial charge in [0.1, 0.15) is 5.82 Å². The first kappa shape index (κ1) is 13.2. The number of para-hydroxylation sites is 1. The van der Waals surface area contributed by atoms with Crippen LogP contribution in [0.15, 0.2) is 72.8 Å². The SMILES string of the molecule is Nc1ccc(Nc2ccccc2-c2ccccc2)c(F)c1. The molecule has 0 saturated carbocycles. The summed E-state index contributed by atoms with van der Waals surface area (Å²) in [5, 5.41) is 3.14. The van der Waals surface area contributed by atoms with Crippen molar-refractivity contribution in [3.8, 4) is 11.1 Å². The van der Waals surface area contributed by atoms with Crippen molar-refractivity contribution in [3.05, 3.63) is 78.6 Å². The van der Waals surface area contributed by atoms with E-state index in [4.69, 9.17) is 5.73 Å². The summed E-state index contributed by atoms with van der Waals surface area (Å²) in [6, 6.07) is 22.4. The van der Waals surface area contributed by atoms with Gasteiger partial charge in [0, 0.05) is 16.9 Å². The highest BCUT2D eigenvalue weighted by atomic mass is 19.1. The van der Waals surface area contributed by atoms with E-state index < -0.39 is 0 Å². The molecule has 3 aromatic rings. The van der Waals surface area contributed by atoms with Gasteiger partial charge in [0.25, 0.3) is 0 Å². The highest BCUT2D eigenvalue weighted by Crippen LogP contribution is 2.31. The number of nitrogen functional groups attached to an aromatic ring is 1. The number of anilines is 3. The highest BCUT2D eigenvalue weighted by Gasteiger charge is 2.07.